The van der Waals surface area contributed by atoms with Crippen molar-refractivity contribution in [3.63, 3.8) is 0 Å². The number of ether oxygens (including phenoxy) is 1. The van der Waals surface area contributed by atoms with Gasteiger partial charge in [0.05, 0.1) is 19.7 Å². The number of carbonyl (C=O) groups excluding carboxylic acids is 2. The Morgan fingerprint density at radius 3 is 2.24 bits per heavy atom. The van der Waals surface area contributed by atoms with E-state index in [9.17, 15) is 22.8 Å². The van der Waals surface area contributed by atoms with E-state index in [2.05, 4.69) is 15.4 Å². The first kappa shape index (κ1) is 21.0. The van der Waals surface area contributed by atoms with Crippen molar-refractivity contribution in [3.05, 3.63) is 35.9 Å². The quantitative estimate of drug-likeness (QED) is 0.697. The van der Waals surface area contributed by atoms with Gasteiger partial charge in [-0.1, -0.05) is 44.2 Å². The van der Waals surface area contributed by atoms with Gasteiger partial charge in [-0.25, -0.2) is 4.79 Å². The van der Waals surface area contributed by atoms with Gasteiger partial charge in [0.2, 0.25) is 5.91 Å². The molecule has 1 amide bonds. The van der Waals surface area contributed by atoms with Crippen LogP contribution in [0.5, 0.6) is 0 Å². The van der Waals surface area contributed by atoms with Crippen molar-refractivity contribution in [3.8, 4) is 0 Å². The van der Waals surface area contributed by atoms with Crippen LogP contribution < -0.4 is 10.6 Å². The van der Waals surface area contributed by atoms with E-state index in [1.54, 1.807) is 44.2 Å². The number of carbonyl (C=O) groups is 2. The molecule has 140 valence electrons. The highest BCUT2D eigenvalue weighted by atomic mass is 19.4. The number of methoxy groups -OCH3 is 1. The summed E-state index contributed by atoms with van der Waals surface area (Å²) >= 11 is 0. The lowest BCUT2D eigenvalue weighted by Crippen LogP contribution is -2.54. The Morgan fingerprint density at radius 2 is 1.76 bits per heavy atom. The fourth-order valence-electron chi connectivity index (χ4n) is 2.22. The predicted octanol–water partition coefficient (Wildman–Crippen LogP) is 2.06. The molecular weight excluding hydrogens is 337 g/mol. The first-order valence-corrected chi connectivity index (χ1v) is 7.86. The van der Waals surface area contributed by atoms with E-state index in [-0.39, 0.29) is 12.3 Å². The molecule has 0 radical (unpaired) electrons. The van der Waals surface area contributed by atoms with Gasteiger partial charge in [-0.15, -0.1) is 0 Å². The molecule has 0 aromatic heterocycles. The molecule has 0 unspecified atom stereocenters. The van der Waals surface area contributed by atoms with E-state index >= 15 is 0 Å². The number of halogens is 3. The van der Waals surface area contributed by atoms with Crippen LogP contribution in [-0.2, 0) is 20.7 Å². The maximum absolute atomic E-state index is 12.5. The van der Waals surface area contributed by atoms with Gasteiger partial charge < -0.3 is 10.1 Å². The van der Waals surface area contributed by atoms with Crippen molar-refractivity contribution in [2.75, 3.05) is 13.7 Å². The fourth-order valence-corrected chi connectivity index (χ4v) is 2.22. The largest absolute Gasteiger partial charge is 0.467 e. The first-order chi connectivity index (χ1) is 11.6. The topological polar surface area (TPSA) is 67.4 Å². The number of benzene rings is 1. The summed E-state index contributed by atoms with van der Waals surface area (Å²) in [6.07, 6.45) is -4.39. The van der Waals surface area contributed by atoms with Crippen molar-refractivity contribution < 1.29 is 27.5 Å². The monoisotopic (exact) mass is 360 g/mol. The van der Waals surface area contributed by atoms with Crippen LogP contribution in [0.1, 0.15) is 19.4 Å². The maximum atomic E-state index is 12.5. The molecule has 1 aromatic carbocycles. The van der Waals surface area contributed by atoms with Crippen LogP contribution in [0.4, 0.5) is 13.2 Å². The van der Waals surface area contributed by atoms with Crippen LogP contribution >= 0.6 is 0 Å². The van der Waals surface area contributed by atoms with E-state index in [0.717, 1.165) is 0 Å². The second-order valence-electron chi connectivity index (χ2n) is 5.99. The molecule has 8 heteroatoms. The van der Waals surface area contributed by atoms with Gasteiger partial charge >= 0.3 is 12.1 Å². The highest BCUT2D eigenvalue weighted by Gasteiger charge is 2.32. The van der Waals surface area contributed by atoms with Gasteiger partial charge in [-0.05, 0) is 17.9 Å². The van der Waals surface area contributed by atoms with Crippen molar-refractivity contribution in [2.45, 2.75) is 38.5 Å². The van der Waals surface area contributed by atoms with E-state index in [1.807, 2.05) is 0 Å². The molecular formula is C17H23F3N2O3. The third-order valence-corrected chi connectivity index (χ3v) is 3.57. The average molecular weight is 360 g/mol. The van der Waals surface area contributed by atoms with Crippen LogP contribution in [0.25, 0.3) is 0 Å². The molecule has 0 aliphatic rings. The van der Waals surface area contributed by atoms with Gasteiger partial charge in [-0.2, -0.15) is 13.2 Å². The highest BCUT2D eigenvalue weighted by Crippen LogP contribution is 2.14. The van der Waals surface area contributed by atoms with Crippen molar-refractivity contribution in [1.82, 2.24) is 10.6 Å². The van der Waals surface area contributed by atoms with Gasteiger partial charge in [0.25, 0.3) is 0 Å². The Morgan fingerprint density at radius 1 is 1.16 bits per heavy atom. The molecule has 5 nitrogen and oxygen atoms in total. The smallest absolute Gasteiger partial charge is 0.401 e. The van der Waals surface area contributed by atoms with Crippen molar-refractivity contribution in [1.29, 1.82) is 0 Å². The van der Waals surface area contributed by atoms with E-state index in [4.69, 9.17) is 0 Å². The maximum Gasteiger partial charge on any atom is 0.401 e. The molecule has 0 bridgehead atoms. The second kappa shape index (κ2) is 9.41. The first-order valence-electron chi connectivity index (χ1n) is 7.86. The molecule has 25 heavy (non-hydrogen) atoms. The molecule has 1 aromatic rings. The summed E-state index contributed by atoms with van der Waals surface area (Å²) in [6, 6.07) is 6.62. The molecule has 2 N–H and O–H groups in total. The molecule has 0 aliphatic carbocycles. The minimum atomic E-state index is -4.45. The molecule has 0 saturated heterocycles. The summed E-state index contributed by atoms with van der Waals surface area (Å²) in [7, 11) is 1.19. The molecule has 0 aliphatic heterocycles. The molecule has 2 atom stereocenters. The zero-order valence-electron chi connectivity index (χ0n) is 14.4. The number of alkyl halides is 3. The number of amides is 1. The number of nitrogens with one attached hydrogen (secondary N) is 2. The summed E-state index contributed by atoms with van der Waals surface area (Å²) in [5.41, 5.74) is 0.705. The van der Waals surface area contributed by atoms with Crippen LogP contribution in [-0.4, -0.2) is 43.8 Å². The molecule has 0 spiro atoms. The summed E-state index contributed by atoms with van der Waals surface area (Å²) in [6.45, 7) is 2.11. The van der Waals surface area contributed by atoms with Gasteiger partial charge in [-0.3, -0.25) is 10.1 Å². The lowest BCUT2D eigenvalue weighted by Gasteiger charge is -2.24. The molecule has 0 heterocycles. The fraction of sp³-hybridized carbons (Fsp3) is 0.529. The Labute approximate surface area is 144 Å². The lowest BCUT2D eigenvalue weighted by atomic mass is 10.0. The van der Waals surface area contributed by atoms with Crippen LogP contribution in [0.15, 0.2) is 30.3 Å². The van der Waals surface area contributed by atoms with Crippen molar-refractivity contribution >= 4 is 11.9 Å². The Balaban J connectivity index is 2.88. The van der Waals surface area contributed by atoms with E-state index in [1.165, 1.54) is 7.11 Å². The second-order valence-corrected chi connectivity index (χ2v) is 5.99. The summed E-state index contributed by atoms with van der Waals surface area (Å²) < 4.78 is 42.2. The number of esters is 1. The third-order valence-electron chi connectivity index (χ3n) is 3.57. The van der Waals surface area contributed by atoms with E-state index in [0.29, 0.717) is 5.56 Å². The van der Waals surface area contributed by atoms with E-state index < -0.39 is 36.7 Å². The summed E-state index contributed by atoms with van der Waals surface area (Å²) in [5, 5.41) is 4.70. The predicted molar refractivity (Wildman–Crippen MR) is 86.8 cm³/mol. The average Bonchev–Trinajstić information content (AvgIpc) is 2.55. The molecule has 1 rings (SSSR count). The van der Waals surface area contributed by atoms with Crippen LogP contribution in [0.3, 0.4) is 0 Å². The minimum absolute atomic E-state index is 0.0642. The molecule has 0 fully saturated rings. The van der Waals surface area contributed by atoms with Crippen LogP contribution in [0.2, 0.25) is 0 Å². The number of hydrogen-bond acceptors (Lipinski definition) is 4. The Bertz CT molecular complexity index is 562. The molecule has 0 saturated carbocycles. The zero-order chi connectivity index (χ0) is 19.0. The SMILES string of the molecule is COC(=O)[C@@H](NC(=O)[C@H](Cc1ccccc1)NCC(F)(F)F)C(C)C. The Hall–Kier alpha value is -2.09. The minimum Gasteiger partial charge on any atom is -0.467 e. The normalized spacial score (nSPS) is 14.0. The summed E-state index contributed by atoms with van der Waals surface area (Å²) in [5.74, 6) is -1.59. The Kier molecular flexibility index (Phi) is 7.89. The van der Waals surface area contributed by atoms with Crippen LogP contribution in [0, 0.1) is 5.92 Å². The summed E-state index contributed by atoms with van der Waals surface area (Å²) in [4.78, 5) is 24.2. The highest BCUT2D eigenvalue weighted by molar-refractivity contribution is 5.87. The third kappa shape index (κ3) is 7.55. The van der Waals surface area contributed by atoms with Gasteiger partial charge in [0.1, 0.15) is 6.04 Å². The zero-order valence-corrected chi connectivity index (χ0v) is 14.4. The lowest BCUT2D eigenvalue weighted by molar-refractivity contribution is -0.147. The number of hydrogen-bond donors (Lipinski definition) is 2. The standard InChI is InChI=1S/C17H23F3N2O3/c1-11(2)14(16(24)25-3)22-15(23)13(21-10-17(18,19)20)9-12-7-5-4-6-8-12/h4-8,11,13-14,21H,9-10H2,1-3H3,(H,22,23)/t13-,14-/m0/s1. The number of rotatable bonds is 8. The van der Waals surface area contributed by atoms with Crippen molar-refractivity contribution in [2.24, 2.45) is 5.92 Å². The van der Waals surface area contributed by atoms with Gasteiger partial charge in [0.15, 0.2) is 0 Å². The van der Waals surface area contributed by atoms with Gasteiger partial charge in [0, 0.05) is 0 Å².